The number of hydrogen-bond acceptors (Lipinski definition) is 7. The molecule has 0 atom stereocenters. The SMILES string of the molecule is CCOCc1cc(CO)ccc1-c1ccccc1S(=O)(=O)N(COCC[Si](C)(C)C)c1nsc(C)c1C. The molecule has 0 saturated carbocycles. The smallest absolute Gasteiger partial charge is 0.268 e. The first-order valence-electron chi connectivity index (χ1n) is 12.4. The fourth-order valence-electron chi connectivity index (χ4n) is 3.78. The van der Waals surface area contributed by atoms with Crippen LogP contribution in [0, 0.1) is 13.8 Å². The summed E-state index contributed by atoms with van der Waals surface area (Å²) in [5.41, 5.74) is 3.69. The zero-order chi connectivity index (χ0) is 27.2. The van der Waals surface area contributed by atoms with Gasteiger partial charge in [-0.05, 0) is 61.1 Å². The summed E-state index contributed by atoms with van der Waals surface area (Å²) >= 11 is 1.29. The van der Waals surface area contributed by atoms with Gasteiger partial charge < -0.3 is 14.6 Å². The van der Waals surface area contributed by atoms with Crippen molar-refractivity contribution in [2.45, 2.75) is 64.6 Å². The van der Waals surface area contributed by atoms with Crippen LogP contribution in [0.2, 0.25) is 25.7 Å². The first-order valence-corrected chi connectivity index (χ1v) is 18.3. The van der Waals surface area contributed by atoms with Crippen LogP contribution in [0.1, 0.15) is 28.5 Å². The average molecular weight is 563 g/mol. The lowest BCUT2D eigenvalue weighted by Gasteiger charge is -2.25. The molecule has 0 spiro atoms. The van der Waals surface area contributed by atoms with Crippen molar-refractivity contribution in [3.8, 4) is 11.1 Å². The minimum absolute atomic E-state index is 0.107. The van der Waals surface area contributed by atoms with E-state index in [4.69, 9.17) is 9.47 Å². The summed E-state index contributed by atoms with van der Waals surface area (Å²) in [7, 11) is -5.38. The number of anilines is 1. The van der Waals surface area contributed by atoms with E-state index in [1.54, 1.807) is 24.3 Å². The van der Waals surface area contributed by atoms with Gasteiger partial charge in [-0.1, -0.05) is 56.0 Å². The topological polar surface area (TPSA) is 89.0 Å². The maximum atomic E-state index is 14.3. The van der Waals surface area contributed by atoms with Crippen molar-refractivity contribution in [3.05, 3.63) is 64.0 Å². The Labute approximate surface area is 226 Å². The van der Waals surface area contributed by atoms with Crippen molar-refractivity contribution in [3.63, 3.8) is 0 Å². The zero-order valence-corrected chi connectivity index (χ0v) is 25.2. The molecule has 0 aliphatic rings. The molecule has 1 aromatic heterocycles. The third kappa shape index (κ3) is 7.27. The number of nitrogens with zero attached hydrogens (tertiary/aromatic N) is 2. The lowest BCUT2D eigenvalue weighted by Crippen LogP contribution is -2.35. The summed E-state index contributed by atoms with van der Waals surface area (Å²) in [6.07, 6.45) is 0. The van der Waals surface area contributed by atoms with E-state index in [9.17, 15) is 13.5 Å². The summed E-state index contributed by atoms with van der Waals surface area (Å²) in [4.78, 5) is 1.13. The molecule has 202 valence electrons. The Morgan fingerprint density at radius 2 is 1.78 bits per heavy atom. The van der Waals surface area contributed by atoms with Gasteiger partial charge in [0.05, 0.1) is 18.1 Å². The minimum Gasteiger partial charge on any atom is -0.392 e. The number of aromatic nitrogens is 1. The predicted octanol–water partition coefficient (Wildman–Crippen LogP) is 5.96. The second kappa shape index (κ2) is 12.6. The number of hydrogen-bond donors (Lipinski definition) is 1. The molecule has 3 aromatic rings. The maximum Gasteiger partial charge on any atom is 0.268 e. The standard InChI is InChI=1S/C27H38N2O5S2Si/c1-7-33-18-23-16-22(17-30)12-13-24(23)25-10-8-9-11-26(25)36(31,32)29(19-34-14-15-37(4,5)6)27-20(2)21(3)35-28-27/h8-13,16,30H,7,14-15,17-19H2,1-6H3. The Balaban J connectivity index is 2.09. The Morgan fingerprint density at radius 1 is 1.05 bits per heavy atom. The lowest BCUT2D eigenvalue weighted by molar-refractivity contribution is 0.134. The number of aryl methyl sites for hydroxylation is 1. The summed E-state index contributed by atoms with van der Waals surface area (Å²) in [6.45, 7) is 13.6. The zero-order valence-electron chi connectivity index (χ0n) is 22.6. The summed E-state index contributed by atoms with van der Waals surface area (Å²) in [5, 5.41) is 9.65. The van der Waals surface area contributed by atoms with Crippen LogP contribution in [0.3, 0.4) is 0 Å². The molecule has 10 heteroatoms. The van der Waals surface area contributed by atoms with Gasteiger partial charge in [-0.15, -0.1) is 0 Å². The van der Waals surface area contributed by atoms with E-state index in [0.29, 0.717) is 31.2 Å². The fourth-order valence-corrected chi connectivity index (χ4v) is 6.84. The first kappa shape index (κ1) is 29.5. The van der Waals surface area contributed by atoms with E-state index in [2.05, 4.69) is 24.0 Å². The molecule has 37 heavy (non-hydrogen) atoms. The highest BCUT2D eigenvalue weighted by molar-refractivity contribution is 7.93. The predicted molar refractivity (Wildman–Crippen MR) is 153 cm³/mol. The average Bonchev–Trinajstić information content (AvgIpc) is 3.19. The van der Waals surface area contributed by atoms with Crippen LogP contribution in [0.25, 0.3) is 11.1 Å². The molecule has 1 heterocycles. The van der Waals surface area contributed by atoms with E-state index < -0.39 is 18.1 Å². The van der Waals surface area contributed by atoms with E-state index in [0.717, 1.165) is 33.2 Å². The molecule has 7 nitrogen and oxygen atoms in total. The van der Waals surface area contributed by atoms with Crippen LogP contribution in [0.15, 0.2) is 47.4 Å². The molecule has 0 radical (unpaired) electrons. The molecule has 0 aliphatic carbocycles. The highest BCUT2D eigenvalue weighted by Crippen LogP contribution is 2.36. The highest BCUT2D eigenvalue weighted by Gasteiger charge is 2.31. The highest BCUT2D eigenvalue weighted by atomic mass is 32.2. The molecule has 0 aliphatic heterocycles. The van der Waals surface area contributed by atoms with Crippen molar-refractivity contribution in [1.29, 1.82) is 0 Å². The third-order valence-electron chi connectivity index (χ3n) is 6.13. The van der Waals surface area contributed by atoms with E-state index in [-0.39, 0.29) is 18.2 Å². The Bertz CT molecular complexity index is 1300. The third-order valence-corrected chi connectivity index (χ3v) is 10.5. The second-order valence-electron chi connectivity index (χ2n) is 10.2. The van der Waals surface area contributed by atoms with Crippen LogP contribution < -0.4 is 4.31 Å². The molecular formula is C27H38N2O5S2Si. The summed E-state index contributed by atoms with van der Waals surface area (Å²) in [5.74, 6) is 0.399. The Morgan fingerprint density at radius 3 is 2.41 bits per heavy atom. The summed E-state index contributed by atoms with van der Waals surface area (Å²) < 4.78 is 45.9. The van der Waals surface area contributed by atoms with Crippen molar-refractivity contribution < 1.29 is 23.0 Å². The summed E-state index contributed by atoms with van der Waals surface area (Å²) in [6, 6.07) is 13.4. The first-order chi connectivity index (χ1) is 17.5. The van der Waals surface area contributed by atoms with Gasteiger partial charge in [0.15, 0.2) is 5.82 Å². The van der Waals surface area contributed by atoms with Crippen LogP contribution in [-0.4, -0.2) is 45.9 Å². The van der Waals surface area contributed by atoms with Crippen LogP contribution in [0.5, 0.6) is 0 Å². The van der Waals surface area contributed by atoms with Gasteiger partial charge >= 0.3 is 0 Å². The molecular weight excluding hydrogens is 525 g/mol. The number of aliphatic hydroxyl groups excluding tert-OH is 1. The second-order valence-corrected chi connectivity index (χ2v) is 18.6. The number of ether oxygens (including phenoxy) is 2. The fraction of sp³-hybridized carbons (Fsp3) is 0.444. The van der Waals surface area contributed by atoms with Crippen LogP contribution in [-0.2, 0) is 32.7 Å². The van der Waals surface area contributed by atoms with Crippen molar-refractivity contribution in [2.24, 2.45) is 0 Å². The monoisotopic (exact) mass is 562 g/mol. The van der Waals surface area contributed by atoms with E-state index >= 15 is 0 Å². The number of benzene rings is 2. The number of aliphatic hydroxyl groups is 1. The normalized spacial score (nSPS) is 12.2. The van der Waals surface area contributed by atoms with Crippen LogP contribution >= 0.6 is 11.5 Å². The maximum absolute atomic E-state index is 14.3. The van der Waals surface area contributed by atoms with Gasteiger partial charge in [0, 0.05) is 37.3 Å². The van der Waals surface area contributed by atoms with E-state index in [1.807, 2.05) is 39.0 Å². The van der Waals surface area contributed by atoms with Crippen molar-refractivity contribution in [1.82, 2.24) is 4.37 Å². The Hall–Kier alpha value is -2.08. The molecule has 2 aromatic carbocycles. The molecule has 3 rings (SSSR count). The largest absolute Gasteiger partial charge is 0.392 e. The Kier molecular flexibility index (Phi) is 10.1. The molecule has 0 unspecified atom stereocenters. The minimum atomic E-state index is -4.04. The number of rotatable bonds is 13. The van der Waals surface area contributed by atoms with Gasteiger partial charge in [0.2, 0.25) is 0 Å². The van der Waals surface area contributed by atoms with Crippen molar-refractivity contribution >= 4 is 35.4 Å². The molecule has 0 fully saturated rings. The van der Waals surface area contributed by atoms with Gasteiger partial charge in [0.1, 0.15) is 6.73 Å². The van der Waals surface area contributed by atoms with Gasteiger partial charge in [0.25, 0.3) is 10.0 Å². The lowest BCUT2D eigenvalue weighted by atomic mass is 9.98. The quantitative estimate of drug-likeness (QED) is 0.157. The van der Waals surface area contributed by atoms with Gasteiger partial charge in [-0.2, -0.15) is 4.37 Å². The van der Waals surface area contributed by atoms with Crippen LogP contribution in [0.4, 0.5) is 5.82 Å². The van der Waals surface area contributed by atoms with E-state index in [1.165, 1.54) is 15.8 Å². The van der Waals surface area contributed by atoms with Crippen molar-refractivity contribution in [2.75, 3.05) is 24.2 Å². The molecule has 0 bridgehead atoms. The number of sulfonamides is 1. The van der Waals surface area contributed by atoms with Gasteiger partial charge in [-0.3, -0.25) is 0 Å². The molecule has 1 N–H and O–H groups in total. The molecule has 0 amide bonds. The van der Waals surface area contributed by atoms with Gasteiger partial charge in [-0.25, -0.2) is 12.7 Å². The molecule has 0 saturated heterocycles.